The molecule has 3 rings (SSSR count). The van der Waals surface area contributed by atoms with Crippen LogP contribution in [0.3, 0.4) is 0 Å². The molecule has 2 heterocycles. The molecule has 24 heavy (non-hydrogen) atoms. The standard InChI is InChI=1S/C18H22N4O2/c1-21(11-16-10-20-18-19-8-5-9-22(16)18)12-17(23)14-24-13-15-6-3-2-4-7-15/h2-10,17,23H,11-14H2,1H3. The van der Waals surface area contributed by atoms with Gasteiger partial charge >= 0.3 is 0 Å². The summed E-state index contributed by atoms with van der Waals surface area (Å²) >= 11 is 0. The van der Waals surface area contributed by atoms with Crippen molar-refractivity contribution in [3.05, 3.63) is 66.2 Å². The largest absolute Gasteiger partial charge is 0.389 e. The number of hydrogen-bond acceptors (Lipinski definition) is 5. The number of nitrogens with zero attached hydrogens (tertiary/aromatic N) is 4. The van der Waals surface area contributed by atoms with Gasteiger partial charge in [0.25, 0.3) is 0 Å². The van der Waals surface area contributed by atoms with Crippen LogP contribution in [0.4, 0.5) is 0 Å². The third-order valence-corrected chi connectivity index (χ3v) is 3.74. The van der Waals surface area contributed by atoms with Gasteiger partial charge in [0.2, 0.25) is 5.78 Å². The molecular formula is C18H22N4O2. The third kappa shape index (κ3) is 4.38. The predicted molar refractivity (Wildman–Crippen MR) is 91.4 cm³/mol. The Morgan fingerprint density at radius 3 is 2.88 bits per heavy atom. The van der Waals surface area contributed by atoms with Crippen LogP contribution in [0, 0.1) is 0 Å². The van der Waals surface area contributed by atoms with E-state index >= 15 is 0 Å². The van der Waals surface area contributed by atoms with E-state index in [1.165, 1.54) is 0 Å². The second-order valence-corrected chi connectivity index (χ2v) is 5.89. The Labute approximate surface area is 141 Å². The molecule has 0 aliphatic heterocycles. The van der Waals surface area contributed by atoms with Crippen LogP contribution in [-0.2, 0) is 17.9 Å². The summed E-state index contributed by atoms with van der Waals surface area (Å²) in [5.74, 6) is 0.688. The Hall–Kier alpha value is -2.28. The van der Waals surface area contributed by atoms with E-state index in [4.69, 9.17) is 4.74 Å². The minimum atomic E-state index is -0.531. The molecule has 0 radical (unpaired) electrons. The summed E-state index contributed by atoms with van der Waals surface area (Å²) in [6, 6.07) is 11.8. The topological polar surface area (TPSA) is 62.9 Å². The molecule has 1 N–H and O–H groups in total. The molecule has 2 aromatic heterocycles. The molecule has 0 saturated heterocycles. The quantitative estimate of drug-likeness (QED) is 0.683. The summed E-state index contributed by atoms with van der Waals surface area (Å²) in [4.78, 5) is 10.5. The van der Waals surface area contributed by atoms with Crippen molar-refractivity contribution in [3.63, 3.8) is 0 Å². The maximum absolute atomic E-state index is 10.1. The number of benzene rings is 1. The minimum absolute atomic E-state index is 0.313. The zero-order valence-electron chi connectivity index (χ0n) is 13.7. The fourth-order valence-electron chi connectivity index (χ4n) is 2.63. The van der Waals surface area contributed by atoms with Crippen LogP contribution in [0.2, 0.25) is 0 Å². The second-order valence-electron chi connectivity index (χ2n) is 5.89. The number of hydrogen-bond donors (Lipinski definition) is 1. The first-order valence-electron chi connectivity index (χ1n) is 7.97. The van der Waals surface area contributed by atoms with Crippen LogP contribution >= 0.6 is 0 Å². The van der Waals surface area contributed by atoms with Gasteiger partial charge in [-0.2, -0.15) is 0 Å². The lowest BCUT2D eigenvalue weighted by atomic mass is 10.2. The molecule has 3 aromatic rings. The van der Waals surface area contributed by atoms with Gasteiger partial charge in [-0.05, 0) is 18.7 Å². The Kier molecular flexibility index (Phi) is 5.53. The van der Waals surface area contributed by atoms with Crippen molar-refractivity contribution in [2.75, 3.05) is 20.2 Å². The number of rotatable bonds is 8. The van der Waals surface area contributed by atoms with Gasteiger partial charge in [0.15, 0.2) is 0 Å². The number of imidazole rings is 1. The van der Waals surface area contributed by atoms with Gasteiger partial charge in [0.1, 0.15) is 0 Å². The van der Waals surface area contributed by atoms with Gasteiger partial charge in [-0.15, -0.1) is 0 Å². The maximum Gasteiger partial charge on any atom is 0.233 e. The van der Waals surface area contributed by atoms with Crippen molar-refractivity contribution in [2.24, 2.45) is 0 Å². The van der Waals surface area contributed by atoms with Gasteiger partial charge < -0.3 is 9.84 Å². The summed E-state index contributed by atoms with van der Waals surface area (Å²) in [6.07, 6.45) is 4.95. The molecular weight excluding hydrogens is 304 g/mol. The van der Waals surface area contributed by atoms with Crippen LogP contribution in [0.15, 0.2) is 55.0 Å². The highest BCUT2D eigenvalue weighted by molar-refractivity contribution is 5.30. The van der Waals surface area contributed by atoms with Crippen LogP contribution in [0.1, 0.15) is 11.3 Å². The van der Waals surface area contributed by atoms with E-state index in [0.29, 0.717) is 32.1 Å². The van der Waals surface area contributed by atoms with Crippen LogP contribution in [0.25, 0.3) is 5.78 Å². The number of likely N-dealkylation sites (N-methyl/N-ethyl adjacent to an activating group) is 1. The first kappa shape index (κ1) is 16.6. The lowest BCUT2D eigenvalue weighted by Crippen LogP contribution is -2.32. The SMILES string of the molecule is CN(Cc1cnc2ncccn12)CC(O)COCc1ccccc1. The molecule has 126 valence electrons. The van der Waals surface area contributed by atoms with Gasteiger partial charge in [-0.25, -0.2) is 9.97 Å². The van der Waals surface area contributed by atoms with E-state index in [2.05, 4.69) is 9.97 Å². The normalized spacial score (nSPS) is 12.8. The molecule has 0 aliphatic carbocycles. The van der Waals surface area contributed by atoms with Gasteiger partial charge in [-0.3, -0.25) is 9.30 Å². The average Bonchev–Trinajstić information content (AvgIpc) is 2.99. The summed E-state index contributed by atoms with van der Waals surface area (Å²) in [6.45, 7) is 2.04. The minimum Gasteiger partial charge on any atom is -0.389 e. The second kappa shape index (κ2) is 8.01. The van der Waals surface area contributed by atoms with E-state index < -0.39 is 6.10 Å². The molecule has 1 aromatic carbocycles. The highest BCUT2D eigenvalue weighted by atomic mass is 16.5. The maximum atomic E-state index is 10.1. The van der Waals surface area contributed by atoms with Gasteiger partial charge in [-0.1, -0.05) is 30.3 Å². The molecule has 0 spiro atoms. The summed E-state index contributed by atoms with van der Waals surface area (Å²) in [5.41, 5.74) is 2.15. The van der Waals surface area contributed by atoms with Crippen LogP contribution < -0.4 is 0 Å². The lowest BCUT2D eigenvalue weighted by molar-refractivity contribution is 0.0125. The van der Waals surface area contributed by atoms with Gasteiger partial charge in [0.05, 0.1) is 31.2 Å². The van der Waals surface area contributed by atoms with Crippen LogP contribution in [-0.4, -0.2) is 50.7 Å². The number of aliphatic hydroxyl groups is 1. The molecule has 0 saturated carbocycles. The van der Waals surface area contributed by atoms with Crippen molar-refractivity contribution in [1.82, 2.24) is 19.3 Å². The molecule has 0 bridgehead atoms. The molecule has 6 heteroatoms. The van der Waals surface area contributed by atoms with Crippen molar-refractivity contribution in [1.29, 1.82) is 0 Å². The monoisotopic (exact) mass is 326 g/mol. The average molecular weight is 326 g/mol. The summed E-state index contributed by atoms with van der Waals surface area (Å²) in [7, 11) is 1.97. The number of aliphatic hydroxyl groups excluding tert-OH is 1. The smallest absolute Gasteiger partial charge is 0.233 e. The zero-order valence-corrected chi connectivity index (χ0v) is 13.7. The molecule has 0 amide bonds. The predicted octanol–water partition coefficient (Wildman–Crippen LogP) is 1.74. The third-order valence-electron chi connectivity index (χ3n) is 3.74. The Balaban J connectivity index is 1.45. The van der Waals surface area contributed by atoms with E-state index in [1.54, 1.807) is 6.20 Å². The van der Waals surface area contributed by atoms with Gasteiger partial charge in [0, 0.05) is 25.5 Å². The van der Waals surface area contributed by atoms with E-state index in [-0.39, 0.29) is 0 Å². The Morgan fingerprint density at radius 1 is 1.21 bits per heavy atom. The molecule has 0 aliphatic rings. The van der Waals surface area contributed by atoms with Crippen molar-refractivity contribution in [2.45, 2.75) is 19.3 Å². The number of aromatic nitrogens is 3. The molecule has 0 fully saturated rings. The molecule has 6 nitrogen and oxygen atoms in total. The Morgan fingerprint density at radius 2 is 2.04 bits per heavy atom. The summed E-state index contributed by atoms with van der Waals surface area (Å²) in [5, 5.41) is 10.1. The fraction of sp³-hybridized carbons (Fsp3) is 0.333. The van der Waals surface area contributed by atoms with Crippen molar-refractivity contribution in [3.8, 4) is 0 Å². The first-order chi connectivity index (χ1) is 11.7. The summed E-state index contributed by atoms with van der Waals surface area (Å²) < 4.78 is 7.54. The highest BCUT2D eigenvalue weighted by Crippen LogP contribution is 2.07. The molecule has 1 unspecified atom stereocenters. The number of ether oxygens (including phenoxy) is 1. The van der Waals surface area contributed by atoms with Crippen molar-refractivity contribution < 1.29 is 9.84 Å². The highest BCUT2D eigenvalue weighted by Gasteiger charge is 2.11. The zero-order chi connectivity index (χ0) is 16.8. The molecule has 1 atom stereocenters. The first-order valence-corrected chi connectivity index (χ1v) is 7.97. The Bertz CT molecular complexity index is 760. The van der Waals surface area contributed by atoms with E-state index in [9.17, 15) is 5.11 Å². The van der Waals surface area contributed by atoms with E-state index in [0.717, 1.165) is 11.3 Å². The lowest BCUT2D eigenvalue weighted by Gasteiger charge is -2.20. The number of fused-ring (bicyclic) bond motifs is 1. The van der Waals surface area contributed by atoms with Crippen molar-refractivity contribution >= 4 is 5.78 Å². The van der Waals surface area contributed by atoms with Crippen LogP contribution in [0.5, 0.6) is 0 Å². The fourth-order valence-corrected chi connectivity index (χ4v) is 2.63. The van der Waals surface area contributed by atoms with E-state index in [1.807, 2.05) is 65.1 Å².